The second-order valence-electron chi connectivity index (χ2n) is 3.20. The maximum absolute atomic E-state index is 11.5. The van der Waals surface area contributed by atoms with E-state index in [1.165, 1.54) is 7.11 Å². The molecule has 1 aromatic rings. The normalized spacial score (nSPS) is 9.93. The first-order valence-corrected chi connectivity index (χ1v) is 5.24. The van der Waals surface area contributed by atoms with Crippen LogP contribution in [-0.4, -0.2) is 20.2 Å². The van der Waals surface area contributed by atoms with Crippen LogP contribution in [0.5, 0.6) is 5.75 Å². The highest BCUT2D eigenvalue weighted by molar-refractivity contribution is 9.10. The maximum atomic E-state index is 11.5. The van der Waals surface area contributed by atoms with Crippen molar-refractivity contribution in [2.75, 3.05) is 14.2 Å². The smallest absolute Gasteiger partial charge is 0.338 e. The molecular formula is C11H13BrO3. The monoisotopic (exact) mass is 272 g/mol. The van der Waals surface area contributed by atoms with Gasteiger partial charge in [0.25, 0.3) is 0 Å². The molecule has 0 aromatic heterocycles. The Morgan fingerprint density at radius 3 is 2.40 bits per heavy atom. The van der Waals surface area contributed by atoms with Gasteiger partial charge in [-0.2, -0.15) is 0 Å². The summed E-state index contributed by atoms with van der Waals surface area (Å²) in [5, 5.41) is 0. The Hall–Kier alpha value is -1.03. The number of hydrogen-bond donors (Lipinski definition) is 0. The molecule has 82 valence electrons. The van der Waals surface area contributed by atoms with E-state index in [4.69, 9.17) is 9.47 Å². The molecule has 0 saturated heterocycles. The van der Waals surface area contributed by atoms with E-state index in [2.05, 4.69) is 15.9 Å². The molecule has 0 aliphatic heterocycles. The molecule has 0 aliphatic carbocycles. The molecule has 4 heteroatoms. The first-order chi connectivity index (χ1) is 7.02. The van der Waals surface area contributed by atoms with Crippen molar-refractivity contribution in [3.63, 3.8) is 0 Å². The molecule has 3 nitrogen and oxygen atoms in total. The van der Waals surface area contributed by atoms with E-state index in [1.807, 2.05) is 19.9 Å². The first-order valence-electron chi connectivity index (χ1n) is 4.45. The number of carbonyl (C=O) groups excluding carboxylic acids is 1. The fraction of sp³-hybridized carbons (Fsp3) is 0.364. The number of ether oxygens (including phenoxy) is 2. The van der Waals surface area contributed by atoms with Gasteiger partial charge in [-0.15, -0.1) is 0 Å². The zero-order valence-electron chi connectivity index (χ0n) is 9.18. The van der Waals surface area contributed by atoms with Crippen LogP contribution in [0.15, 0.2) is 10.5 Å². The molecule has 0 heterocycles. The van der Waals surface area contributed by atoms with Gasteiger partial charge in [-0.25, -0.2) is 4.79 Å². The number of benzene rings is 1. The van der Waals surface area contributed by atoms with Crippen molar-refractivity contribution in [2.24, 2.45) is 0 Å². The fourth-order valence-corrected chi connectivity index (χ4v) is 2.39. The van der Waals surface area contributed by atoms with Crippen molar-refractivity contribution in [1.82, 2.24) is 0 Å². The quantitative estimate of drug-likeness (QED) is 0.777. The van der Waals surface area contributed by atoms with E-state index >= 15 is 0 Å². The summed E-state index contributed by atoms with van der Waals surface area (Å²) < 4.78 is 10.8. The Labute approximate surface area is 97.5 Å². The van der Waals surface area contributed by atoms with Gasteiger partial charge in [-0.1, -0.05) is 0 Å². The van der Waals surface area contributed by atoms with Crippen LogP contribution in [0.2, 0.25) is 0 Å². The third-order valence-corrected chi connectivity index (χ3v) is 2.85. The predicted molar refractivity (Wildman–Crippen MR) is 61.5 cm³/mol. The van der Waals surface area contributed by atoms with Crippen molar-refractivity contribution in [2.45, 2.75) is 13.8 Å². The van der Waals surface area contributed by atoms with Gasteiger partial charge in [0.05, 0.1) is 24.3 Å². The van der Waals surface area contributed by atoms with Crippen LogP contribution in [0, 0.1) is 13.8 Å². The molecule has 0 aliphatic rings. The Kier molecular flexibility index (Phi) is 3.74. The van der Waals surface area contributed by atoms with E-state index in [0.717, 1.165) is 15.6 Å². The van der Waals surface area contributed by atoms with Crippen LogP contribution in [0.3, 0.4) is 0 Å². The van der Waals surface area contributed by atoms with Crippen LogP contribution < -0.4 is 4.74 Å². The van der Waals surface area contributed by atoms with E-state index in [0.29, 0.717) is 11.3 Å². The molecule has 0 bridgehead atoms. The van der Waals surface area contributed by atoms with Crippen LogP contribution in [-0.2, 0) is 4.74 Å². The van der Waals surface area contributed by atoms with E-state index in [-0.39, 0.29) is 5.97 Å². The fourth-order valence-electron chi connectivity index (χ4n) is 1.58. The summed E-state index contributed by atoms with van der Waals surface area (Å²) in [6.45, 7) is 3.70. The summed E-state index contributed by atoms with van der Waals surface area (Å²) in [4.78, 5) is 11.5. The van der Waals surface area contributed by atoms with Crippen LogP contribution in [0.1, 0.15) is 21.5 Å². The molecule has 0 unspecified atom stereocenters. The van der Waals surface area contributed by atoms with Gasteiger partial charge in [-0.05, 0) is 41.4 Å². The van der Waals surface area contributed by atoms with E-state index in [1.54, 1.807) is 7.11 Å². The summed E-state index contributed by atoms with van der Waals surface area (Å²) >= 11 is 3.39. The van der Waals surface area contributed by atoms with Gasteiger partial charge in [0, 0.05) is 5.56 Å². The zero-order valence-corrected chi connectivity index (χ0v) is 10.8. The Morgan fingerprint density at radius 1 is 1.33 bits per heavy atom. The minimum Gasteiger partial charge on any atom is -0.495 e. The van der Waals surface area contributed by atoms with Crippen molar-refractivity contribution < 1.29 is 14.3 Å². The largest absolute Gasteiger partial charge is 0.495 e. The van der Waals surface area contributed by atoms with Gasteiger partial charge < -0.3 is 9.47 Å². The second kappa shape index (κ2) is 4.66. The SMILES string of the molecule is COC(=O)c1c(C)cc(Br)c(OC)c1C. The first kappa shape index (κ1) is 12.0. The zero-order chi connectivity index (χ0) is 11.6. The maximum Gasteiger partial charge on any atom is 0.338 e. The number of rotatable bonds is 2. The van der Waals surface area contributed by atoms with Gasteiger partial charge in [-0.3, -0.25) is 0 Å². The molecule has 1 rings (SSSR count). The van der Waals surface area contributed by atoms with E-state index < -0.39 is 0 Å². The number of hydrogen-bond acceptors (Lipinski definition) is 3. The Morgan fingerprint density at radius 2 is 1.93 bits per heavy atom. The Bertz CT molecular complexity index is 399. The Balaban J connectivity index is 3.45. The van der Waals surface area contributed by atoms with Crippen LogP contribution in [0.4, 0.5) is 0 Å². The minimum absolute atomic E-state index is 0.337. The van der Waals surface area contributed by atoms with Crippen molar-refractivity contribution in [3.8, 4) is 5.75 Å². The van der Waals surface area contributed by atoms with Gasteiger partial charge >= 0.3 is 5.97 Å². The standard InChI is InChI=1S/C11H13BrO3/c1-6-5-8(12)10(14-3)7(2)9(6)11(13)15-4/h5H,1-4H3. The average Bonchev–Trinajstić information content (AvgIpc) is 2.17. The van der Waals surface area contributed by atoms with Crippen LogP contribution in [0.25, 0.3) is 0 Å². The lowest BCUT2D eigenvalue weighted by molar-refractivity contribution is 0.0598. The minimum atomic E-state index is -0.337. The molecule has 0 amide bonds. The summed E-state index contributed by atoms with van der Waals surface area (Å²) in [6.07, 6.45) is 0. The van der Waals surface area contributed by atoms with Crippen molar-refractivity contribution >= 4 is 21.9 Å². The number of esters is 1. The second-order valence-corrected chi connectivity index (χ2v) is 4.05. The van der Waals surface area contributed by atoms with Gasteiger partial charge in [0.2, 0.25) is 0 Å². The molecule has 1 aromatic carbocycles. The van der Waals surface area contributed by atoms with Gasteiger partial charge in [0.15, 0.2) is 0 Å². The highest BCUT2D eigenvalue weighted by atomic mass is 79.9. The number of methoxy groups -OCH3 is 2. The topological polar surface area (TPSA) is 35.5 Å². The summed E-state index contributed by atoms with van der Waals surface area (Å²) in [5.41, 5.74) is 2.22. The number of aryl methyl sites for hydroxylation is 1. The lowest BCUT2D eigenvalue weighted by Crippen LogP contribution is -2.08. The molecule has 0 fully saturated rings. The van der Waals surface area contributed by atoms with Crippen LogP contribution >= 0.6 is 15.9 Å². The highest BCUT2D eigenvalue weighted by Crippen LogP contribution is 2.33. The lowest BCUT2D eigenvalue weighted by Gasteiger charge is -2.13. The number of carbonyl (C=O) groups is 1. The molecular weight excluding hydrogens is 260 g/mol. The highest BCUT2D eigenvalue weighted by Gasteiger charge is 2.18. The molecule has 0 saturated carbocycles. The summed E-state index contributed by atoms with van der Waals surface area (Å²) in [5.74, 6) is 0.330. The predicted octanol–water partition coefficient (Wildman–Crippen LogP) is 2.86. The van der Waals surface area contributed by atoms with Gasteiger partial charge in [0.1, 0.15) is 5.75 Å². The van der Waals surface area contributed by atoms with Crippen molar-refractivity contribution in [3.05, 3.63) is 27.2 Å². The molecule has 0 atom stereocenters. The molecule has 15 heavy (non-hydrogen) atoms. The number of halogens is 1. The lowest BCUT2D eigenvalue weighted by atomic mass is 10.0. The summed E-state index contributed by atoms with van der Waals surface area (Å²) in [6, 6.07) is 1.85. The third-order valence-electron chi connectivity index (χ3n) is 2.26. The molecule has 0 radical (unpaired) electrons. The third kappa shape index (κ3) is 2.15. The average molecular weight is 273 g/mol. The van der Waals surface area contributed by atoms with Crippen molar-refractivity contribution in [1.29, 1.82) is 0 Å². The molecule has 0 N–H and O–H groups in total. The summed E-state index contributed by atoms with van der Waals surface area (Å²) in [7, 11) is 2.94. The molecule has 0 spiro atoms. The van der Waals surface area contributed by atoms with E-state index in [9.17, 15) is 4.79 Å².